The quantitative estimate of drug-likeness (QED) is 0.836. The fraction of sp³-hybridized carbons (Fsp3) is 1.00. The fourth-order valence-corrected chi connectivity index (χ4v) is 4.94. The van der Waals surface area contributed by atoms with Crippen molar-refractivity contribution in [2.24, 2.45) is 17.3 Å². The van der Waals surface area contributed by atoms with Gasteiger partial charge in [0.1, 0.15) is 0 Å². The monoisotopic (exact) mass is 265 g/mol. The topological polar surface area (TPSA) is 21.3 Å². The number of ether oxygens (including phenoxy) is 1. The fourth-order valence-electron chi connectivity index (χ4n) is 4.94. The van der Waals surface area contributed by atoms with Gasteiger partial charge in [-0.25, -0.2) is 0 Å². The highest BCUT2D eigenvalue weighted by atomic mass is 16.5. The van der Waals surface area contributed by atoms with Gasteiger partial charge in [-0.2, -0.15) is 0 Å². The van der Waals surface area contributed by atoms with Crippen LogP contribution in [0.5, 0.6) is 0 Å². The Labute approximate surface area is 118 Å². The minimum absolute atomic E-state index is 0.349. The van der Waals surface area contributed by atoms with Crippen LogP contribution in [0.1, 0.15) is 65.7 Å². The third-order valence-corrected chi connectivity index (χ3v) is 6.06. The van der Waals surface area contributed by atoms with Crippen molar-refractivity contribution < 1.29 is 4.74 Å². The molecule has 0 bridgehead atoms. The molecule has 0 aromatic rings. The summed E-state index contributed by atoms with van der Waals surface area (Å²) in [6.07, 6.45) is 10.3. The highest BCUT2D eigenvalue weighted by molar-refractivity contribution is 5.11. The molecule has 2 heteroatoms. The van der Waals surface area contributed by atoms with Gasteiger partial charge in [0, 0.05) is 30.0 Å². The second-order valence-corrected chi connectivity index (χ2v) is 7.72. The van der Waals surface area contributed by atoms with Gasteiger partial charge in [-0.15, -0.1) is 0 Å². The van der Waals surface area contributed by atoms with Crippen LogP contribution in [-0.2, 0) is 4.74 Å². The molecule has 0 aromatic heterocycles. The molecule has 0 radical (unpaired) electrons. The SMILES string of the molecule is CCCC1CCC(NC2C3CCOC3C2(C)C)CC1. The molecule has 1 saturated heterocycles. The van der Waals surface area contributed by atoms with Crippen molar-refractivity contribution in [1.29, 1.82) is 0 Å². The number of fused-ring (bicyclic) bond motifs is 1. The third-order valence-electron chi connectivity index (χ3n) is 6.06. The number of hydrogen-bond acceptors (Lipinski definition) is 2. The Morgan fingerprint density at radius 3 is 2.53 bits per heavy atom. The van der Waals surface area contributed by atoms with Crippen LogP contribution in [0.15, 0.2) is 0 Å². The van der Waals surface area contributed by atoms with E-state index in [2.05, 4.69) is 26.1 Å². The van der Waals surface area contributed by atoms with E-state index in [4.69, 9.17) is 4.74 Å². The first-order chi connectivity index (χ1) is 9.13. The van der Waals surface area contributed by atoms with Gasteiger partial charge in [0.25, 0.3) is 0 Å². The summed E-state index contributed by atoms with van der Waals surface area (Å²) in [6, 6.07) is 1.48. The van der Waals surface area contributed by atoms with Gasteiger partial charge in [0.2, 0.25) is 0 Å². The first-order valence-electron chi connectivity index (χ1n) is 8.50. The number of rotatable bonds is 4. The molecule has 0 amide bonds. The molecule has 3 unspecified atom stereocenters. The van der Waals surface area contributed by atoms with Crippen LogP contribution in [-0.4, -0.2) is 24.8 Å². The van der Waals surface area contributed by atoms with Gasteiger partial charge in [0.05, 0.1) is 6.10 Å². The third kappa shape index (κ3) is 2.47. The molecule has 19 heavy (non-hydrogen) atoms. The molecule has 3 rings (SSSR count). The molecule has 2 aliphatic carbocycles. The van der Waals surface area contributed by atoms with Gasteiger partial charge in [-0.1, -0.05) is 33.6 Å². The molecule has 0 aromatic carbocycles. The van der Waals surface area contributed by atoms with E-state index in [0.717, 1.165) is 24.5 Å². The summed E-state index contributed by atoms with van der Waals surface area (Å²) in [7, 11) is 0. The second kappa shape index (κ2) is 5.37. The first kappa shape index (κ1) is 13.9. The van der Waals surface area contributed by atoms with E-state index >= 15 is 0 Å². The van der Waals surface area contributed by atoms with Gasteiger partial charge < -0.3 is 10.1 Å². The van der Waals surface area contributed by atoms with Crippen molar-refractivity contribution in [3.8, 4) is 0 Å². The standard InChI is InChI=1S/C17H31NO/c1-4-5-12-6-8-13(9-7-12)18-15-14-10-11-19-16(14)17(15,2)3/h12-16,18H,4-11H2,1-3H3. The summed E-state index contributed by atoms with van der Waals surface area (Å²) in [5.41, 5.74) is 0.349. The van der Waals surface area contributed by atoms with Crippen LogP contribution >= 0.6 is 0 Å². The van der Waals surface area contributed by atoms with Crippen molar-refractivity contribution in [3.63, 3.8) is 0 Å². The maximum Gasteiger partial charge on any atom is 0.0685 e. The molecule has 3 atom stereocenters. The predicted molar refractivity (Wildman–Crippen MR) is 79.2 cm³/mol. The van der Waals surface area contributed by atoms with E-state index in [1.807, 2.05) is 0 Å². The highest BCUT2D eigenvalue weighted by Crippen LogP contribution is 2.52. The maximum atomic E-state index is 5.90. The van der Waals surface area contributed by atoms with Crippen LogP contribution < -0.4 is 5.32 Å². The Bertz CT molecular complexity index is 306. The van der Waals surface area contributed by atoms with Crippen LogP contribution in [0.25, 0.3) is 0 Å². The second-order valence-electron chi connectivity index (χ2n) is 7.72. The lowest BCUT2D eigenvalue weighted by Gasteiger charge is -2.56. The lowest BCUT2D eigenvalue weighted by molar-refractivity contribution is -0.116. The molecule has 1 aliphatic heterocycles. The van der Waals surface area contributed by atoms with E-state index in [1.54, 1.807) is 0 Å². The zero-order chi connectivity index (χ0) is 13.5. The van der Waals surface area contributed by atoms with Crippen molar-refractivity contribution in [3.05, 3.63) is 0 Å². The molecule has 2 nitrogen and oxygen atoms in total. The Kier molecular flexibility index (Phi) is 3.92. The van der Waals surface area contributed by atoms with Crippen molar-refractivity contribution in [2.45, 2.75) is 83.9 Å². The Morgan fingerprint density at radius 2 is 1.84 bits per heavy atom. The van der Waals surface area contributed by atoms with Crippen LogP contribution in [0.4, 0.5) is 0 Å². The van der Waals surface area contributed by atoms with Crippen molar-refractivity contribution in [2.75, 3.05) is 6.61 Å². The zero-order valence-electron chi connectivity index (χ0n) is 13.0. The molecule has 1 N–H and O–H groups in total. The number of nitrogens with one attached hydrogen (secondary N) is 1. The molecular weight excluding hydrogens is 234 g/mol. The van der Waals surface area contributed by atoms with Crippen LogP contribution in [0.2, 0.25) is 0 Å². The average molecular weight is 265 g/mol. The largest absolute Gasteiger partial charge is 0.377 e. The maximum absolute atomic E-state index is 5.90. The van der Waals surface area contributed by atoms with E-state index < -0.39 is 0 Å². The number of hydrogen-bond donors (Lipinski definition) is 1. The zero-order valence-corrected chi connectivity index (χ0v) is 13.0. The molecule has 1 heterocycles. The van der Waals surface area contributed by atoms with E-state index in [9.17, 15) is 0 Å². The Hall–Kier alpha value is -0.0800. The summed E-state index contributed by atoms with van der Waals surface area (Å²) < 4.78 is 5.90. The van der Waals surface area contributed by atoms with Gasteiger partial charge in [-0.05, 0) is 38.0 Å². The van der Waals surface area contributed by atoms with Gasteiger partial charge >= 0.3 is 0 Å². The molecule has 2 saturated carbocycles. The summed E-state index contributed by atoms with van der Waals surface area (Å²) in [4.78, 5) is 0. The minimum Gasteiger partial charge on any atom is -0.377 e. The predicted octanol–water partition coefficient (Wildman–Crippen LogP) is 3.75. The van der Waals surface area contributed by atoms with Crippen molar-refractivity contribution in [1.82, 2.24) is 5.32 Å². The first-order valence-corrected chi connectivity index (χ1v) is 8.50. The highest BCUT2D eigenvalue weighted by Gasteiger charge is 2.59. The molecular formula is C17H31NO. The van der Waals surface area contributed by atoms with Crippen LogP contribution in [0.3, 0.4) is 0 Å². The average Bonchev–Trinajstić information content (AvgIpc) is 2.85. The van der Waals surface area contributed by atoms with Crippen molar-refractivity contribution >= 4 is 0 Å². The summed E-state index contributed by atoms with van der Waals surface area (Å²) in [6.45, 7) is 8.08. The van der Waals surface area contributed by atoms with E-state index in [1.165, 1.54) is 44.9 Å². The van der Waals surface area contributed by atoms with E-state index in [-0.39, 0.29) is 0 Å². The summed E-state index contributed by atoms with van der Waals surface area (Å²) in [5.74, 6) is 1.81. The molecule has 3 aliphatic rings. The van der Waals surface area contributed by atoms with Gasteiger partial charge in [0.15, 0.2) is 0 Å². The molecule has 110 valence electrons. The minimum atomic E-state index is 0.349. The smallest absolute Gasteiger partial charge is 0.0685 e. The lowest BCUT2D eigenvalue weighted by Crippen LogP contribution is -2.67. The molecule has 3 fully saturated rings. The lowest BCUT2D eigenvalue weighted by atomic mass is 9.57. The normalized spacial score (nSPS) is 44.7. The van der Waals surface area contributed by atoms with Crippen LogP contribution in [0, 0.1) is 17.3 Å². The van der Waals surface area contributed by atoms with E-state index in [0.29, 0.717) is 17.6 Å². The summed E-state index contributed by atoms with van der Waals surface area (Å²) >= 11 is 0. The molecule has 0 spiro atoms. The summed E-state index contributed by atoms with van der Waals surface area (Å²) in [5, 5.41) is 4.00. The Balaban J connectivity index is 1.50. The van der Waals surface area contributed by atoms with Gasteiger partial charge in [-0.3, -0.25) is 0 Å². The Morgan fingerprint density at radius 1 is 1.11 bits per heavy atom.